The Hall–Kier alpha value is -1.93. The first-order chi connectivity index (χ1) is 10.8. The summed E-state index contributed by atoms with van der Waals surface area (Å²) in [6, 6.07) is 7.76. The van der Waals surface area contributed by atoms with Gasteiger partial charge in [-0.3, -0.25) is 9.82 Å². The van der Waals surface area contributed by atoms with Gasteiger partial charge in [-0.1, -0.05) is 32.1 Å². The molecular formula is C15H20N4O2S2. The summed E-state index contributed by atoms with van der Waals surface area (Å²) in [5.74, 6) is 0.535. The standard InChI is InChI=1S/C15H20N4O2S2/c1-10(2)6-7-12-9-14(15(22)18-17-12)19-23(20,21)13-5-3-4-11(16)8-13/h3-5,8-10H,6-7,16H2,1-2H3,(H,17,19)(H,18,22). The Morgan fingerprint density at radius 1 is 1.35 bits per heavy atom. The highest BCUT2D eigenvalue weighted by atomic mass is 32.2. The van der Waals surface area contributed by atoms with Crippen molar-refractivity contribution >= 4 is 33.6 Å². The molecule has 124 valence electrons. The molecule has 8 heteroatoms. The molecule has 2 aromatic rings. The average molecular weight is 352 g/mol. The van der Waals surface area contributed by atoms with Crippen LogP contribution in [0.3, 0.4) is 0 Å². The molecule has 0 aliphatic carbocycles. The number of nitrogens with zero attached hydrogens (tertiary/aromatic N) is 1. The van der Waals surface area contributed by atoms with Crippen molar-refractivity contribution in [3.05, 3.63) is 40.7 Å². The normalized spacial score (nSPS) is 11.6. The topological polar surface area (TPSA) is 101 Å². The monoisotopic (exact) mass is 352 g/mol. The Labute approximate surface area is 141 Å². The molecule has 23 heavy (non-hydrogen) atoms. The molecule has 0 unspecified atom stereocenters. The summed E-state index contributed by atoms with van der Waals surface area (Å²) < 4.78 is 27.6. The van der Waals surface area contributed by atoms with Gasteiger partial charge in [0.15, 0.2) is 0 Å². The molecule has 6 nitrogen and oxygen atoms in total. The van der Waals surface area contributed by atoms with Gasteiger partial charge in [-0.05, 0) is 43.0 Å². The van der Waals surface area contributed by atoms with Crippen molar-refractivity contribution in [3.8, 4) is 0 Å². The molecule has 0 bridgehead atoms. The molecule has 1 aromatic heterocycles. The summed E-state index contributed by atoms with van der Waals surface area (Å²) in [6.45, 7) is 4.24. The quantitative estimate of drug-likeness (QED) is 0.548. The number of aromatic amines is 1. The van der Waals surface area contributed by atoms with Crippen molar-refractivity contribution in [1.29, 1.82) is 0 Å². The van der Waals surface area contributed by atoms with E-state index in [1.165, 1.54) is 12.1 Å². The number of hydrogen-bond acceptors (Lipinski definition) is 5. The number of hydrogen-bond donors (Lipinski definition) is 3. The van der Waals surface area contributed by atoms with Gasteiger partial charge in [0.2, 0.25) is 0 Å². The third-order valence-corrected chi connectivity index (χ3v) is 4.92. The van der Waals surface area contributed by atoms with Crippen LogP contribution in [0.5, 0.6) is 0 Å². The van der Waals surface area contributed by atoms with Crippen LogP contribution in [0.4, 0.5) is 11.4 Å². The fourth-order valence-electron chi connectivity index (χ4n) is 1.97. The first kappa shape index (κ1) is 17.4. The molecule has 2 rings (SSSR count). The molecule has 4 N–H and O–H groups in total. The van der Waals surface area contributed by atoms with Gasteiger partial charge in [0.1, 0.15) is 4.64 Å². The zero-order chi connectivity index (χ0) is 17.0. The number of benzene rings is 1. The lowest BCUT2D eigenvalue weighted by atomic mass is 10.1. The molecule has 0 saturated heterocycles. The van der Waals surface area contributed by atoms with Crippen LogP contribution in [0.15, 0.2) is 35.2 Å². The second-order valence-corrected chi connectivity index (χ2v) is 7.80. The number of sulfonamides is 1. The maximum Gasteiger partial charge on any atom is 0.262 e. The predicted molar refractivity (Wildman–Crippen MR) is 94.2 cm³/mol. The second kappa shape index (κ2) is 7.10. The van der Waals surface area contributed by atoms with Crippen LogP contribution in [0, 0.1) is 10.6 Å². The van der Waals surface area contributed by atoms with Crippen LogP contribution in [-0.4, -0.2) is 18.6 Å². The molecule has 1 heterocycles. The average Bonchev–Trinajstić information content (AvgIpc) is 2.48. The van der Waals surface area contributed by atoms with Crippen molar-refractivity contribution in [2.75, 3.05) is 10.5 Å². The SMILES string of the molecule is CC(C)CCc1cc(NS(=O)(=O)c2cccc(N)c2)c(=S)[nH]n1. The largest absolute Gasteiger partial charge is 0.399 e. The van der Waals surface area contributed by atoms with Gasteiger partial charge in [-0.15, -0.1) is 0 Å². The van der Waals surface area contributed by atoms with Crippen LogP contribution >= 0.6 is 12.2 Å². The zero-order valence-corrected chi connectivity index (χ0v) is 14.7. The van der Waals surface area contributed by atoms with E-state index in [2.05, 4.69) is 28.8 Å². The summed E-state index contributed by atoms with van der Waals surface area (Å²) in [6.07, 6.45) is 1.70. The lowest BCUT2D eigenvalue weighted by molar-refractivity contribution is 0.578. The number of H-pyrrole nitrogens is 1. The molecule has 1 aromatic carbocycles. The zero-order valence-electron chi connectivity index (χ0n) is 13.0. The fourth-order valence-corrected chi connectivity index (χ4v) is 3.31. The number of rotatable bonds is 6. The number of nitrogens with two attached hydrogens (primary N) is 1. The van der Waals surface area contributed by atoms with Crippen LogP contribution in [0.1, 0.15) is 26.0 Å². The minimum absolute atomic E-state index is 0.0902. The third-order valence-electron chi connectivity index (χ3n) is 3.25. The Bertz CT molecular complexity index is 845. The number of aryl methyl sites for hydroxylation is 1. The molecule has 0 aliphatic rings. The number of aromatic nitrogens is 2. The lowest BCUT2D eigenvalue weighted by Crippen LogP contribution is -2.14. The molecule has 0 saturated carbocycles. The second-order valence-electron chi connectivity index (χ2n) is 5.71. The van der Waals surface area contributed by atoms with Gasteiger partial charge < -0.3 is 5.73 Å². The number of nitrogens with one attached hydrogen (secondary N) is 2. The molecule has 0 fully saturated rings. The molecule has 0 spiro atoms. The summed E-state index contributed by atoms with van der Waals surface area (Å²) in [5, 5.41) is 6.83. The molecule has 0 amide bonds. The van der Waals surface area contributed by atoms with Crippen LogP contribution < -0.4 is 10.5 Å². The van der Waals surface area contributed by atoms with E-state index >= 15 is 0 Å². The van der Waals surface area contributed by atoms with Crippen LogP contribution in [-0.2, 0) is 16.4 Å². The molecule has 0 aliphatic heterocycles. The fraction of sp³-hybridized carbons (Fsp3) is 0.333. The van der Waals surface area contributed by atoms with Crippen molar-refractivity contribution in [2.24, 2.45) is 5.92 Å². The Morgan fingerprint density at radius 2 is 2.09 bits per heavy atom. The van der Waals surface area contributed by atoms with Gasteiger partial charge in [0.05, 0.1) is 16.3 Å². The summed E-state index contributed by atoms with van der Waals surface area (Å²) in [7, 11) is -3.75. The predicted octanol–water partition coefficient (Wildman–Crippen LogP) is 3.11. The van der Waals surface area contributed by atoms with Crippen molar-refractivity contribution < 1.29 is 8.42 Å². The van der Waals surface area contributed by atoms with E-state index in [0.717, 1.165) is 18.5 Å². The van der Waals surface area contributed by atoms with E-state index in [-0.39, 0.29) is 9.54 Å². The first-order valence-electron chi connectivity index (χ1n) is 7.25. The highest BCUT2D eigenvalue weighted by Crippen LogP contribution is 2.19. The van der Waals surface area contributed by atoms with Gasteiger partial charge in [0.25, 0.3) is 10.0 Å². The van der Waals surface area contributed by atoms with Gasteiger partial charge in [-0.25, -0.2) is 8.42 Å². The third kappa shape index (κ3) is 4.77. The Kier molecular flexibility index (Phi) is 5.38. The highest BCUT2D eigenvalue weighted by Gasteiger charge is 2.16. The van der Waals surface area contributed by atoms with E-state index in [9.17, 15) is 8.42 Å². The first-order valence-corrected chi connectivity index (χ1v) is 9.14. The number of nitrogen functional groups attached to an aromatic ring is 1. The molecule has 0 radical (unpaired) electrons. The summed E-state index contributed by atoms with van der Waals surface area (Å²) in [5.41, 5.74) is 7.10. The van der Waals surface area contributed by atoms with Crippen molar-refractivity contribution in [3.63, 3.8) is 0 Å². The number of anilines is 2. The maximum atomic E-state index is 12.4. The van der Waals surface area contributed by atoms with E-state index in [1.807, 2.05) is 0 Å². The maximum absolute atomic E-state index is 12.4. The van der Waals surface area contributed by atoms with Crippen LogP contribution in [0.2, 0.25) is 0 Å². The van der Waals surface area contributed by atoms with Crippen molar-refractivity contribution in [2.45, 2.75) is 31.6 Å². The van der Waals surface area contributed by atoms with Crippen molar-refractivity contribution in [1.82, 2.24) is 10.2 Å². The minimum Gasteiger partial charge on any atom is -0.399 e. The van der Waals surface area contributed by atoms with E-state index in [1.54, 1.807) is 18.2 Å². The van der Waals surface area contributed by atoms with E-state index in [4.69, 9.17) is 18.0 Å². The molecular weight excluding hydrogens is 332 g/mol. The van der Waals surface area contributed by atoms with Gasteiger partial charge in [0, 0.05) is 5.69 Å². The van der Waals surface area contributed by atoms with Gasteiger partial charge in [-0.2, -0.15) is 5.10 Å². The Balaban J connectivity index is 2.28. The molecule has 0 atom stereocenters. The smallest absolute Gasteiger partial charge is 0.262 e. The van der Waals surface area contributed by atoms with E-state index in [0.29, 0.717) is 17.3 Å². The summed E-state index contributed by atoms with van der Waals surface area (Å²) in [4.78, 5) is 0.0902. The lowest BCUT2D eigenvalue weighted by Gasteiger charge is -2.10. The van der Waals surface area contributed by atoms with Gasteiger partial charge >= 0.3 is 0 Å². The Morgan fingerprint density at radius 3 is 2.74 bits per heavy atom. The minimum atomic E-state index is -3.75. The summed E-state index contributed by atoms with van der Waals surface area (Å²) >= 11 is 5.12. The highest BCUT2D eigenvalue weighted by molar-refractivity contribution is 7.92. The van der Waals surface area contributed by atoms with E-state index < -0.39 is 10.0 Å². The van der Waals surface area contributed by atoms with Crippen LogP contribution in [0.25, 0.3) is 0 Å².